The van der Waals surface area contributed by atoms with Gasteiger partial charge >= 0.3 is 12.2 Å². The van der Waals surface area contributed by atoms with Crippen LogP contribution in [0.5, 0.6) is 0 Å². The highest BCUT2D eigenvalue weighted by atomic mass is 32.2. The van der Waals surface area contributed by atoms with Crippen LogP contribution in [0.3, 0.4) is 0 Å². The van der Waals surface area contributed by atoms with Crippen molar-refractivity contribution in [2.75, 3.05) is 6.54 Å². The summed E-state index contributed by atoms with van der Waals surface area (Å²) in [7, 11) is -3.92. The minimum Gasteiger partial charge on any atom is -0.444 e. The molecule has 284 valence electrons. The Morgan fingerprint density at radius 2 is 1.87 bits per heavy atom. The predicted molar refractivity (Wildman–Crippen MR) is 185 cm³/mol. The van der Waals surface area contributed by atoms with E-state index in [0.717, 1.165) is 12.8 Å². The van der Waals surface area contributed by atoms with Crippen molar-refractivity contribution in [3.8, 4) is 0 Å². The highest BCUT2D eigenvalue weighted by molar-refractivity contribution is 7.91. The second-order valence-corrected chi connectivity index (χ2v) is 17.2. The number of carbonyl (C=O) groups is 5. The van der Waals surface area contributed by atoms with Gasteiger partial charge in [-0.25, -0.2) is 22.4 Å². The first-order chi connectivity index (χ1) is 24.6. The number of rotatable bonds is 7. The van der Waals surface area contributed by atoms with E-state index in [9.17, 15) is 36.8 Å². The van der Waals surface area contributed by atoms with E-state index in [4.69, 9.17) is 9.47 Å². The van der Waals surface area contributed by atoms with Gasteiger partial charge < -0.3 is 25.0 Å². The Morgan fingerprint density at radius 3 is 2.58 bits per heavy atom. The van der Waals surface area contributed by atoms with Crippen LogP contribution in [0.4, 0.5) is 14.0 Å². The molecule has 0 unspecified atom stereocenters. The van der Waals surface area contributed by atoms with E-state index >= 15 is 0 Å². The zero-order valence-electron chi connectivity index (χ0n) is 29.8. The monoisotopic (exact) mass is 745 g/mol. The lowest BCUT2D eigenvalue weighted by Crippen LogP contribution is -2.58. The molecular weight excluding hydrogens is 697 g/mol. The van der Waals surface area contributed by atoms with E-state index in [2.05, 4.69) is 15.4 Å². The summed E-state index contributed by atoms with van der Waals surface area (Å²) in [6.07, 6.45) is 5.67. The lowest BCUT2D eigenvalue weighted by molar-refractivity contribution is -0.141. The summed E-state index contributed by atoms with van der Waals surface area (Å²) in [5.74, 6) is -3.06. The van der Waals surface area contributed by atoms with E-state index in [1.165, 1.54) is 15.9 Å². The number of ether oxygens (including phenoxy) is 2. The molecule has 14 nitrogen and oxygen atoms in total. The molecular formula is C36H48FN5O9S. The molecule has 3 aliphatic heterocycles. The number of sulfonamides is 1. The summed E-state index contributed by atoms with van der Waals surface area (Å²) in [5, 5.41) is 4.83. The smallest absolute Gasteiger partial charge is 0.410 e. The van der Waals surface area contributed by atoms with Crippen molar-refractivity contribution in [1.29, 1.82) is 0 Å². The molecule has 1 aromatic carbocycles. The van der Waals surface area contributed by atoms with Gasteiger partial charge in [-0.05, 0) is 70.4 Å². The molecule has 0 radical (unpaired) electrons. The molecule has 2 saturated carbocycles. The lowest BCUT2D eigenvalue weighted by Gasteiger charge is -2.30. The fourth-order valence-electron chi connectivity index (χ4n) is 7.07. The Kier molecular flexibility index (Phi) is 10.6. The number of amides is 5. The van der Waals surface area contributed by atoms with E-state index in [1.807, 2.05) is 19.1 Å². The van der Waals surface area contributed by atoms with Gasteiger partial charge in [0.05, 0.1) is 18.3 Å². The van der Waals surface area contributed by atoms with Gasteiger partial charge in [-0.3, -0.25) is 24.0 Å². The Hall–Kier alpha value is -4.21. The number of allylic oxidation sites excluding steroid dienone is 1. The Morgan fingerprint density at radius 1 is 1.10 bits per heavy atom. The fourth-order valence-corrected chi connectivity index (χ4v) is 8.43. The quantitative estimate of drug-likeness (QED) is 0.352. The van der Waals surface area contributed by atoms with Crippen molar-refractivity contribution >= 4 is 39.9 Å². The number of nitrogens with one attached hydrogen (secondary N) is 3. The van der Waals surface area contributed by atoms with Crippen molar-refractivity contribution < 1.29 is 46.3 Å². The van der Waals surface area contributed by atoms with Crippen molar-refractivity contribution in [2.45, 2.75) is 133 Å². The zero-order valence-corrected chi connectivity index (χ0v) is 30.6. The molecule has 5 atom stereocenters. The van der Waals surface area contributed by atoms with E-state index in [-0.39, 0.29) is 38.9 Å². The van der Waals surface area contributed by atoms with Crippen LogP contribution in [0.15, 0.2) is 30.4 Å². The second kappa shape index (κ2) is 14.7. The average molecular weight is 746 g/mol. The highest BCUT2D eigenvalue weighted by Gasteiger charge is 2.62. The van der Waals surface area contributed by atoms with E-state index in [1.54, 1.807) is 26.0 Å². The van der Waals surface area contributed by atoms with E-state index in [0.29, 0.717) is 43.2 Å². The second-order valence-electron chi connectivity index (χ2n) is 15.2. The number of halogens is 1. The molecule has 52 heavy (non-hydrogen) atoms. The lowest BCUT2D eigenvalue weighted by atomic mass is 10.0. The third-order valence-corrected chi connectivity index (χ3v) is 12.6. The molecule has 5 aliphatic rings. The van der Waals surface area contributed by atoms with Gasteiger partial charge in [0.1, 0.15) is 35.1 Å². The predicted octanol–water partition coefficient (Wildman–Crippen LogP) is 3.53. The highest BCUT2D eigenvalue weighted by Crippen LogP contribution is 2.46. The average Bonchev–Trinajstić information content (AvgIpc) is 3.97. The molecule has 0 bridgehead atoms. The Bertz CT molecular complexity index is 1750. The SMILES string of the molecule is CCC(C)(C)OC(=O)N[C@H]1CCCCCC=C[C@@H]2C[C@@]2(C(=O)NS(=O)(=O)C2CC2)NC(=O)[C@@H]2C[C@@H](OC(=O)N3Cc4cccc(F)c4C3)CN2C1=O. The molecule has 3 fully saturated rings. The first-order valence-electron chi connectivity index (χ1n) is 18.2. The summed E-state index contributed by atoms with van der Waals surface area (Å²) in [5.41, 5.74) is -1.31. The van der Waals surface area contributed by atoms with Crippen LogP contribution in [0.2, 0.25) is 0 Å². The number of nitrogens with zero attached hydrogens (tertiary/aromatic N) is 2. The van der Waals surface area contributed by atoms with Crippen molar-refractivity contribution in [1.82, 2.24) is 25.2 Å². The van der Waals surface area contributed by atoms with Crippen LogP contribution in [0.1, 0.15) is 96.1 Å². The first kappa shape index (κ1) is 37.5. The van der Waals surface area contributed by atoms with Gasteiger partial charge in [-0.1, -0.05) is 44.1 Å². The first-order valence-corrected chi connectivity index (χ1v) is 19.7. The molecule has 3 heterocycles. The number of hydrogen-bond donors (Lipinski definition) is 3. The standard InChI is InChI=1S/C36H48FN5O9S/c1-4-35(2,3)51-33(46)38-28-14-9-7-5-6-8-12-23-18-36(23,32(45)40-52(48,49)25-15-16-25)39-30(43)29-17-24(20-42(29)31(28)44)50-34(47)41-19-22-11-10-13-27(37)26(22)21-41/h8,10-13,23-25,28-29H,4-7,9,14-21H2,1-3H3,(H,38,46)(H,39,43)(H,40,45)/t23-,24-,28+,29+,36-/m1/s1. The van der Waals surface area contributed by atoms with Gasteiger partial charge in [0.2, 0.25) is 21.8 Å². The normalized spacial score (nSPS) is 28.0. The molecule has 1 aromatic rings. The summed E-state index contributed by atoms with van der Waals surface area (Å²) >= 11 is 0. The fraction of sp³-hybridized carbons (Fsp3) is 0.639. The van der Waals surface area contributed by atoms with Crippen LogP contribution in [0, 0.1) is 11.7 Å². The maximum absolute atomic E-state index is 14.4. The summed E-state index contributed by atoms with van der Waals surface area (Å²) in [4.78, 5) is 71.1. The minimum absolute atomic E-state index is 0.00135. The number of fused-ring (bicyclic) bond motifs is 3. The van der Waals surface area contributed by atoms with Crippen molar-refractivity contribution in [3.05, 3.63) is 47.3 Å². The summed E-state index contributed by atoms with van der Waals surface area (Å²) < 4.78 is 53.5. The maximum atomic E-state index is 14.4. The molecule has 0 spiro atoms. The molecule has 1 saturated heterocycles. The molecule has 3 N–H and O–H groups in total. The number of hydrogen-bond acceptors (Lipinski definition) is 9. The number of benzene rings is 1. The van der Waals surface area contributed by atoms with Crippen LogP contribution in [-0.2, 0) is 47.0 Å². The zero-order chi connectivity index (χ0) is 37.4. The largest absolute Gasteiger partial charge is 0.444 e. The number of alkyl carbamates (subject to hydrolysis) is 1. The molecule has 0 aromatic heterocycles. The van der Waals surface area contributed by atoms with Gasteiger partial charge in [0, 0.05) is 24.4 Å². The van der Waals surface area contributed by atoms with Crippen molar-refractivity contribution in [2.24, 2.45) is 5.92 Å². The van der Waals surface area contributed by atoms with Crippen LogP contribution in [0.25, 0.3) is 0 Å². The molecule has 5 amide bonds. The van der Waals surface area contributed by atoms with Crippen LogP contribution < -0.4 is 15.4 Å². The van der Waals surface area contributed by atoms with Gasteiger partial charge in [0.25, 0.3) is 5.91 Å². The molecule has 2 aliphatic carbocycles. The van der Waals surface area contributed by atoms with Gasteiger partial charge in [0.15, 0.2) is 0 Å². The summed E-state index contributed by atoms with van der Waals surface area (Å²) in [6.45, 7) is 5.30. The van der Waals surface area contributed by atoms with Crippen LogP contribution >= 0.6 is 0 Å². The van der Waals surface area contributed by atoms with Crippen LogP contribution in [-0.4, -0.2) is 89.2 Å². The molecule has 16 heteroatoms. The molecule has 6 rings (SSSR count). The van der Waals surface area contributed by atoms with Crippen molar-refractivity contribution in [3.63, 3.8) is 0 Å². The topological polar surface area (TPSA) is 181 Å². The Balaban J connectivity index is 1.25. The Labute approximate surface area is 303 Å². The maximum Gasteiger partial charge on any atom is 0.410 e. The summed E-state index contributed by atoms with van der Waals surface area (Å²) in [6, 6.07) is 2.30. The van der Waals surface area contributed by atoms with Gasteiger partial charge in [-0.15, -0.1) is 0 Å². The number of carbonyl (C=O) groups excluding carboxylic acids is 5. The van der Waals surface area contributed by atoms with Gasteiger partial charge in [-0.2, -0.15) is 0 Å². The van der Waals surface area contributed by atoms with E-state index < -0.39 is 86.2 Å². The minimum atomic E-state index is -3.92. The third kappa shape index (κ3) is 8.21. The third-order valence-electron chi connectivity index (χ3n) is 10.8.